The molecular formula is C21H18N2O6. The molecule has 1 amide bonds. The highest BCUT2D eigenvalue weighted by atomic mass is 16.6. The predicted molar refractivity (Wildman–Crippen MR) is 106 cm³/mol. The Kier molecular flexibility index (Phi) is 5.45. The van der Waals surface area contributed by atoms with Gasteiger partial charge in [0.1, 0.15) is 5.75 Å². The summed E-state index contributed by atoms with van der Waals surface area (Å²) in [5.74, 6) is -0.487. The lowest BCUT2D eigenvalue weighted by Gasteiger charge is -2.18. The predicted octanol–water partition coefficient (Wildman–Crippen LogP) is 3.48. The average Bonchev–Trinajstić information content (AvgIpc) is 2.97. The first-order valence-electron chi connectivity index (χ1n) is 8.61. The summed E-state index contributed by atoms with van der Waals surface area (Å²) in [6.07, 6.45) is 1.52. The number of non-ortho nitro benzene ring substituents is 1. The van der Waals surface area contributed by atoms with Gasteiger partial charge in [0.25, 0.3) is 11.6 Å². The zero-order valence-corrected chi connectivity index (χ0v) is 16.0. The third kappa shape index (κ3) is 3.73. The van der Waals surface area contributed by atoms with Crippen molar-refractivity contribution in [3.05, 3.63) is 81.1 Å². The maximum absolute atomic E-state index is 13.2. The second kappa shape index (κ2) is 7.97. The van der Waals surface area contributed by atoms with Gasteiger partial charge in [0.15, 0.2) is 0 Å². The molecule has 1 aliphatic heterocycles. The first kappa shape index (κ1) is 19.8. The van der Waals surface area contributed by atoms with E-state index in [9.17, 15) is 19.7 Å². The zero-order valence-electron chi connectivity index (χ0n) is 16.0. The van der Waals surface area contributed by atoms with E-state index >= 15 is 0 Å². The van der Waals surface area contributed by atoms with Gasteiger partial charge in [-0.05, 0) is 42.8 Å². The highest BCUT2D eigenvalue weighted by molar-refractivity contribution is 6.23. The minimum Gasteiger partial charge on any atom is -0.497 e. The Morgan fingerprint density at radius 2 is 1.83 bits per heavy atom. The lowest BCUT2D eigenvalue weighted by molar-refractivity contribution is -0.384. The molecule has 0 unspecified atom stereocenters. The normalized spacial score (nSPS) is 15.1. The number of benzene rings is 2. The van der Waals surface area contributed by atoms with E-state index in [4.69, 9.17) is 9.47 Å². The number of esters is 1. The number of amides is 1. The van der Waals surface area contributed by atoms with Gasteiger partial charge in [-0.15, -0.1) is 0 Å². The first-order valence-corrected chi connectivity index (χ1v) is 8.61. The fourth-order valence-corrected chi connectivity index (χ4v) is 3.10. The molecule has 2 aromatic carbocycles. The summed E-state index contributed by atoms with van der Waals surface area (Å²) in [5, 5.41) is 10.8. The maximum atomic E-state index is 13.2. The molecule has 148 valence electrons. The number of carbonyl (C=O) groups excluding carboxylic acids is 2. The van der Waals surface area contributed by atoms with Crippen LogP contribution in [0.2, 0.25) is 0 Å². The second-order valence-corrected chi connectivity index (χ2v) is 6.20. The number of hydrogen-bond acceptors (Lipinski definition) is 6. The second-order valence-electron chi connectivity index (χ2n) is 6.20. The SMILES string of the molecule is COC(=O)C1=C(C)N(c2cccc(OC)c2)C(=O)/C1=C\c1ccc([N+](=O)[O-])cc1. The van der Waals surface area contributed by atoms with Crippen LogP contribution in [0.4, 0.5) is 11.4 Å². The summed E-state index contributed by atoms with van der Waals surface area (Å²) in [6, 6.07) is 12.6. The smallest absolute Gasteiger partial charge is 0.340 e. The van der Waals surface area contributed by atoms with E-state index in [1.807, 2.05) is 0 Å². The van der Waals surface area contributed by atoms with Crippen LogP contribution < -0.4 is 9.64 Å². The number of nitro benzene ring substituents is 1. The van der Waals surface area contributed by atoms with Crippen LogP contribution in [0.1, 0.15) is 12.5 Å². The Balaban J connectivity index is 2.09. The zero-order chi connectivity index (χ0) is 21.1. The van der Waals surface area contributed by atoms with Gasteiger partial charge in [-0.25, -0.2) is 4.79 Å². The number of hydrogen-bond donors (Lipinski definition) is 0. The topological polar surface area (TPSA) is 99.0 Å². The molecule has 0 radical (unpaired) electrons. The van der Waals surface area contributed by atoms with Crippen LogP contribution in [0.25, 0.3) is 6.08 Å². The molecule has 0 aromatic heterocycles. The van der Waals surface area contributed by atoms with Gasteiger partial charge in [0, 0.05) is 23.9 Å². The van der Waals surface area contributed by atoms with E-state index in [-0.39, 0.29) is 16.8 Å². The average molecular weight is 394 g/mol. The van der Waals surface area contributed by atoms with Crippen molar-refractivity contribution in [1.82, 2.24) is 0 Å². The summed E-state index contributed by atoms with van der Waals surface area (Å²) in [6.45, 7) is 1.65. The van der Waals surface area contributed by atoms with Crippen molar-refractivity contribution in [1.29, 1.82) is 0 Å². The van der Waals surface area contributed by atoms with Crippen LogP contribution in [0.3, 0.4) is 0 Å². The molecule has 3 rings (SSSR count). The summed E-state index contributed by atoms with van der Waals surface area (Å²) in [7, 11) is 2.76. The van der Waals surface area contributed by atoms with Crippen LogP contribution in [-0.2, 0) is 14.3 Å². The van der Waals surface area contributed by atoms with Crippen molar-refractivity contribution in [2.75, 3.05) is 19.1 Å². The molecule has 0 N–H and O–H groups in total. The van der Waals surface area contributed by atoms with Gasteiger partial charge < -0.3 is 9.47 Å². The number of rotatable bonds is 5. The molecule has 2 aromatic rings. The molecule has 1 heterocycles. The quantitative estimate of drug-likeness (QED) is 0.333. The van der Waals surface area contributed by atoms with E-state index in [0.717, 1.165) is 0 Å². The number of nitro groups is 1. The van der Waals surface area contributed by atoms with Crippen molar-refractivity contribution < 1.29 is 24.0 Å². The Morgan fingerprint density at radius 3 is 2.41 bits per heavy atom. The Hall–Kier alpha value is -3.94. The number of nitrogens with zero attached hydrogens (tertiary/aromatic N) is 2. The highest BCUT2D eigenvalue weighted by Crippen LogP contribution is 2.36. The van der Waals surface area contributed by atoms with Crippen LogP contribution in [-0.4, -0.2) is 31.0 Å². The van der Waals surface area contributed by atoms with Gasteiger partial charge in [-0.3, -0.25) is 19.8 Å². The van der Waals surface area contributed by atoms with Gasteiger partial charge >= 0.3 is 5.97 Å². The van der Waals surface area contributed by atoms with E-state index in [1.54, 1.807) is 31.2 Å². The molecule has 0 saturated heterocycles. The molecule has 0 atom stereocenters. The molecule has 0 aliphatic carbocycles. The summed E-state index contributed by atoms with van der Waals surface area (Å²) in [5.41, 5.74) is 1.72. The van der Waals surface area contributed by atoms with Crippen molar-refractivity contribution in [3.63, 3.8) is 0 Å². The maximum Gasteiger partial charge on any atom is 0.340 e. The Bertz CT molecular complexity index is 1050. The molecule has 0 saturated carbocycles. The summed E-state index contributed by atoms with van der Waals surface area (Å²) in [4.78, 5) is 37.3. The first-order chi connectivity index (χ1) is 13.9. The molecule has 29 heavy (non-hydrogen) atoms. The minimum atomic E-state index is -0.644. The van der Waals surface area contributed by atoms with Crippen LogP contribution in [0.5, 0.6) is 5.75 Å². The molecule has 8 nitrogen and oxygen atoms in total. The third-order valence-corrected chi connectivity index (χ3v) is 4.52. The van der Waals surface area contributed by atoms with Crippen LogP contribution >= 0.6 is 0 Å². The van der Waals surface area contributed by atoms with Crippen molar-refractivity contribution >= 4 is 29.3 Å². The number of allylic oxidation sites excluding steroid dienone is 1. The molecule has 0 fully saturated rings. The molecule has 0 bridgehead atoms. The summed E-state index contributed by atoms with van der Waals surface area (Å²) < 4.78 is 10.1. The Morgan fingerprint density at radius 1 is 1.14 bits per heavy atom. The third-order valence-electron chi connectivity index (χ3n) is 4.52. The molecule has 8 heteroatoms. The lowest BCUT2D eigenvalue weighted by atomic mass is 10.0. The largest absolute Gasteiger partial charge is 0.497 e. The minimum absolute atomic E-state index is 0.0668. The van der Waals surface area contributed by atoms with Gasteiger partial charge in [-0.1, -0.05) is 6.07 Å². The molecule has 1 aliphatic rings. The lowest BCUT2D eigenvalue weighted by Crippen LogP contribution is -2.24. The number of carbonyl (C=O) groups is 2. The van der Waals surface area contributed by atoms with Gasteiger partial charge in [0.05, 0.1) is 36.0 Å². The molecule has 0 spiro atoms. The monoisotopic (exact) mass is 394 g/mol. The Labute approximate surface area is 166 Å². The standard InChI is InChI=1S/C21H18N2O6/c1-13-19(21(25)29-3)18(11-14-7-9-15(10-8-14)23(26)27)20(24)22(13)16-5-4-6-17(12-16)28-2/h4-12H,1-3H3/b18-11-. The van der Waals surface area contributed by atoms with Crippen molar-refractivity contribution in [2.45, 2.75) is 6.92 Å². The molecular weight excluding hydrogens is 376 g/mol. The van der Waals surface area contributed by atoms with Crippen molar-refractivity contribution in [2.24, 2.45) is 0 Å². The number of ether oxygens (including phenoxy) is 2. The van der Waals surface area contributed by atoms with Crippen molar-refractivity contribution in [3.8, 4) is 5.75 Å². The van der Waals surface area contributed by atoms with E-state index < -0.39 is 16.8 Å². The van der Waals surface area contributed by atoms with Gasteiger partial charge in [-0.2, -0.15) is 0 Å². The van der Waals surface area contributed by atoms with E-state index in [0.29, 0.717) is 22.7 Å². The summed E-state index contributed by atoms with van der Waals surface area (Å²) >= 11 is 0. The van der Waals surface area contributed by atoms with E-state index in [2.05, 4.69) is 0 Å². The van der Waals surface area contributed by atoms with Crippen LogP contribution in [0, 0.1) is 10.1 Å². The highest BCUT2D eigenvalue weighted by Gasteiger charge is 2.38. The van der Waals surface area contributed by atoms with Gasteiger partial charge in [0.2, 0.25) is 0 Å². The number of anilines is 1. The number of methoxy groups -OCH3 is 2. The fourth-order valence-electron chi connectivity index (χ4n) is 3.10. The fraction of sp³-hybridized carbons (Fsp3) is 0.143. The van der Waals surface area contributed by atoms with Crippen LogP contribution in [0.15, 0.2) is 65.4 Å². The van der Waals surface area contributed by atoms with E-state index in [1.165, 1.54) is 49.5 Å².